The molecular weight excluding hydrogens is 278 g/mol. The Balaban J connectivity index is 1.62. The van der Waals surface area contributed by atoms with E-state index in [1.54, 1.807) is 0 Å². The second-order valence-electron chi connectivity index (χ2n) is 6.15. The van der Waals surface area contributed by atoms with Crippen LogP contribution in [0, 0.1) is 0 Å². The normalized spacial score (nSPS) is 19.7. The van der Waals surface area contributed by atoms with Gasteiger partial charge in [0.2, 0.25) is 5.91 Å². The molecule has 1 saturated carbocycles. The first kappa shape index (κ1) is 13.1. The average molecular weight is 297 g/mol. The highest BCUT2D eigenvalue weighted by Crippen LogP contribution is 2.45. The molecular formula is C18H19NOS. The van der Waals surface area contributed by atoms with Crippen LogP contribution in [0.5, 0.6) is 0 Å². The van der Waals surface area contributed by atoms with Crippen LogP contribution in [0.2, 0.25) is 0 Å². The number of amides is 1. The monoisotopic (exact) mass is 297 g/mol. The minimum Gasteiger partial charge on any atom is -0.337 e. The number of benzene rings is 1. The molecule has 21 heavy (non-hydrogen) atoms. The molecule has 1 fully saturated rings. The van der Waals surface area contributed by atoms with Crippen molar-refractivity contribution in [2.45, 2.75) is 37.6 Å². The fourth-order valence-electron chi connectivity index (χ4n) is 3.64. The SMILES string of the molecule is O=C(N1CCc2sccc2C1)C1(c2ccccc2)CCC1. The topological polar surface area (TPSA) is 20.3 Å². The van der Waals surface area contributed by atoms with Crippen LogP contribution in [-0.2, 0) is 23.2 Å². The summed E-state index contributed by atoms with van der Waals surface area (Å²) in [6, 6.07) is 12.5. The Bertz CT molecular complexity index is 657. The Morgan fingerprint density at radius 1 is 1.14 bits per heavy atom. The molecule has 3 heteroatoms. The van der Waals surface area contributed by atoms with E-state index in [-0.39, 0.29) is 5.41 Å². The predicted octanol–water partition coefficient (Wildman–Crippen LogP) is 3.75. The number of carbonyl (C=O) groups excluding carboxylic acids is 1. The lowest BCUT2D eigenvalue weighted by atomic mass is 9.63. The van der Waals surface area contributed by atoms with Crippen molar-refractivity contribution in [3.63, 3.8) is 0 Å². The van der Waals surface area contributed by atoms with Crippen molar-refractivity contribution in [1.29, 1.82) is 0 Å². The molecule has 0 radical (unpaired) electrons. The summed E-state index contributed by atoms with van der Waals surface area (Å²) in [7, 11) is 0. The Morgan fingerprint density at radius 3 is 2.67 bits per heavy atom. The summed E-state index contributed by atoms with van der Waals surface area (Å²) >= 11 is 1.82. The second kappa shape index (κ2) is 4.99. The zero-order valence-corrected chi connectivity index (χ0v) is 12.9. The van der Waals surface area contributed by atoms with Crippen LogP contribution in [0.25, 0.3) is 0 Å². The van der Waals surface area contributed by atoms with Gasteiger partial charge in [0.1, 0.15) is 0 Å². The van der Waals surface area contributed by atoms with Crippen molar-refractivity contribution in [3.05, 3.63) is 57.8 Å². The van der Waals surface area contributed by atoms with Gasteiger partial charge >= 0.3 is 0 Å². The molecule has 0 unspecified atom stereocenters. The van der Waals surface area contributed by atoms with Gasteiger partial charge in [-0.05, 0) is 41.8 Å². The van der Waals surface area contributed by atoms with E-state index >= 15 is 0 Å². The maximum atomic E-state index is 13.2. The summed E-state index contributed by atoms with van der Waals surface area (Å²) in [4.78, 5) is 16.7. The van der Waals surface area contributed by atoms with E-state index in [2.05, 4.69) is 40.6 Å². The number of hydrogen-bond donors (Lipinski definition) is 0. The van der Waals surface area contributed by atoms with Gasteiger partial charge in [-0.3, -0.25) is 4.79 Å². The standard InChI is InChI=1S/C18H19NOS/c20-17(19-11-7-16-14(13-19)8-12-21-16)18(9-4-10-18)15-5-2-1-3-6-15/h1-3,5-6,8,12H,4,7,9-11,13H2. The molecule has 1 aromatic carbocycles. The molecule has 2 aromatic rings. The van der Waals surface area contributed by atoms with Crippen molar-refractivity contribution >= 4 is 17.2 Å². The average Bonchev–Trinajstić information content (AvgIpc) is 2.94. The zero-order valence-electron chi connectivity index (χ0n) is 12.0. The van der Waals surface area contributed by atoms with Crippen molar-refractivity contribution in [2.24, 2.45) is 0 Å². The van der Waals surface area contributed by atoms with E-state index in [4.69, 9.17) is 0 Å². The molecule has 0 bridgehead atoms. The number of rotatable bonds is 2. The van der Waals surface area contributed by atoms with Gasteiger partial charge in [0.25, 0.3) is 0 Å². The maximum absolute atomic E-state index is 13.2. The van der Waals surface area contributed by atoms with Gasteiger partial charge in [0.05, 0.1) is 5.41 Å². The lowest BCUT2D eigenvalue weighted by Gasteiger charge is -2.44. The maximum Gasteiger partial charge on any atom is 0.233 e. The van der Waals surface area contributed by atoms with Crippen LogP contribution >= 0.6 is 11.3 Å². The molecule has 1 amide bonds. The Hall–Kier alpha value is -1.61. The molecule has 2 heterocycles. The number of nitrogens with zero attached hydrogens (tertiary/aromatic N) is 1. The van der Waals surface area contributed by atoms with Crippen LogP contribution in [0.3, 0.4) is 0 Å². The second-order valence-corrected chi connectivity index (χ2v) is 7.15. The summed E-state index contributed by atoms with van der Waals surface area (Å²) in [5, 5.41) is 2.15. The third kappa shape index (κ3) is 2.03. The fraction of sp³-hybridized carbons (Fsp3) is 0.389. The van der Waals surface area contributed by atoms with E-state index in [1.165, 1.54) is 16.0 Å². The largest absolute Gasteiger partial charge is 0.337 e. The third-order valence-corrected chi connectivity index (χ3v) is 6.06. The molecule has 4 rings (SSSR count). The molecule has 0 spiro atoms. The van der Waals surface area contributed by atoms with E-state index in [9.17, 15) is 4.79 Å². The minimum absolute atomic E-state index is 0.241. The lowest BCUT2D eigenvalue weighted by molar-refractivity contribution is -0.141. The number of carbonyl (C=O) groups is 1. The van der Waals surface area contributed by atoms with Crippen molar-refractivity contribution in [3.8, 4) is 0 Å². The zero-order chi connectivity index (χ0) is 14.3. The van der Waals surface area contributed by atoms with Gasteiger partial charge in [-0.25, -0.2) is 0 Å². The highest BCUT2D eigenvalue weighted by Gasteiger charge is 2.47. The van der Waals surface area contributed by atoms with Gasteiger partial charge in [-0.2, -0.15) is 0 Å². The first-order valence-electron chi connectivity index (χ1n) is 7.70. The first-order chi connectivity index (χ1) is 10.3. The van der Waals surface area contributed by atoms with Crippen molar-refractivity contribution < 1.29 is 4.79 Å². The van der Waals surface area contributed by atoms with Gasteiger partial charge in [-0.1, -0.05) is 36.8 Å². The Morgan fingerprint density at radius 2 is 1.95 bits per heavy atom. The Kier molecular flexibility index (Phi) is 3.11. The van der Waals surface area contributed by atoms with Gasteiger partial charge in [0.15, 0.2) is 0 Å². The molecule has 0 atom stereocenters. The van der Waals surface area contributed by atoms with Gasteiger partial charge < -0.3 is 4.90 Å². The summed E-state index contributed by atoms with van der Waals surface area (Å²) in [6.07, 6.45) is 4.19. The van der Waals surface area contributed by atoms with E-state index in [0.717, 1.165) is 38.8 Å². The van der Waals surface area contributed by atoms with Gasteiger partial charge in [0, 0.05) is 18.0 Å². The molecule has 0 saturated heterocycles. The molecule has 108 valence electrons. The quantitative estimate of drug-likeness (QED) is 0.826. The molecule has 0 N–H and O–H groups in total. The summed E-state index contributed by atoms with van der Waals surface area (Å²) in [6.45, 7) is 1.67. The number of hydrogen-bond acceptors (Lipinski definition) is 2. The van der Waals surface area contributed by atoms with E-state index < -0.39 is 0 Å². The van der Waals surface area contributed by atoms with Gasteiger partial charge in [-0.15, -0.1) is 11.3 Å². The van der Waals surface area contributed by atoms with Crippen molar-refractivity contribution in [2.75, 3.05) is 6.54 Å². The molecule has 1 aliphatic heterocycles. The fourth-order valence-corrected chi connectivity index (χ4v) is 4.53. The van der Waals surface area contributed by atoms with Crippen LogP contribution in [0.1, 0.15) is 35.3 Å². The van der Waals surface area contributed by atoms with Crippen LogP contribution < -0.4 is 0 Å². The van der Waals surface area contributed by atoms with E-state index in [1.807, 2.05) is 17.4 Å². The lowest BCUT2D eigenvalue weighted by Crippen LogP contribution is -2.52. The molecule has 2 nitrogen and oxygen atoms in total. The Labute approximate surface area is 129 Å². The van der Waals surface area contributed by atoms with Crippen molar-refractivity contribution in [1.82, 2.24) is 4.90 Å². The van der Waals surface area contributed by atoms with E-state index in [0.29, 0.717) is 5.91 Å². The predicted molar refractivity (Wildman–Crippen MR) is 85.4 cm³/mol. The van der Waals surface area contributed by atoms with Crippen LogP contribution in [0.4, 0.5) is 0 Å². The summed E-state index contributed by atoms with van der Waals surface area (Å²) < 4.78 is 0. The first-order valence-corrected chi connectivity index (χ1v) is 8.58. The molecule has 1 aromatic heterocycles. The highest BCUT2D eigenvalue weighted by atomic mass is 32.1. The van der Waals surface area contributed by atoms with Crippen LogP contribution in [0.15, 0.2) is 41.8 Å². The molecule has 2 aliphatic rings. The number of thiophene rings is 1. The minimum atomic E-state index is -0.241. The number of fused-ring (bicyclic) bond motifs is 1. The molecule has 1 aliphatic carbocycles. The van der Waals surface area contributed by atoms with Crippen LogP contribution in [-0.4, -0.2) is 17.4 Å². The smallest absolute Gasteiger partial charge is 0.233 e. The summed E-state index contributed by atoms with van der Waals surface area (Å²) in [5.41, 5.74) is 2.31. The highest BCUT2D eigenvalue weighted by molar-refractivity contribution is 7.10. The third-order valence-electron chi connectivity index (χ3n) is 5.04. The summed E-state index contributed by atoms with van der Waals surface area (Å²) in [5.74, 6) is 0.344.